The molecule has 2 aliphatic heterocycles. The van der Waals surface area contributed by atoms with Crippen LogP contribution in [0.5, 0.6) is 0 Å². The molecular formula is C23H25N3O2S. The number of thioether (sulfide) groups is 1. The Kier molecular flexibility index (Phi) is 6.02. The first-order valence-corrected chi connectivity index (χ1v) is 10.9. The lowest BCUT2D eigenvalue weighted by Gasteiger charge is -2.24. The third-order valence-corrected chi connectivity index (χ3v) is 6.54. The summed E-state index contributed by atoms with van der Waals surface area (Å²) in [7, 11) is 0. The van der Waals surface area contributed by atoms with Gasteiger partial charge in [-0.1, -0.05) is 49.0 Å². The largest absolute Gasteiger partial charge is 0.339 e. The van der Waals surface area contributed by atoms with Crippen LogP contribution in [0.15, 0.2) is 58.3 Å². The molecule has 5 nitrogen and oxygen atoms in total. The van der Waals surface area contributed by atoms with E-state index in [0.717, 1.165) is 23.4 Å². The number of nitrogens with one attached hydrogen (secondary N) is 2. The van der Waals surface area contributed by atoms with E-state index in [1.165, 1.54) is 24.6 Å². The molecule has 1 unspecified atom stereocenters. The van der Waals surface area contributed by atoms with E-state index < -0.39 is 0 Å². The fraction of sp³-hybridized carbons (Fsp3) is 0.304. The summed E-state index contributed by atoms with van der Waals surface area (Å²) in [4.78, 5) is 29.0. The lowest BCUT2D eigenvalue weighted by Crippen LogP contribution is -2.40. The van der Waals surface area contributed by atoms with Gasteiger partial charge in [-0.2, -0.15) is 0 Å². The third-order valence-electron chi connectivity index (χ3n) is 5.44. The Morgan fingerprint density at radius 1 is 1.28 bits per heavy atom. The van der Waals surface area contributed by atoms with Crippen molar-refractivity contribution >= 4 is 35.3 Å². The number of anilines is 1. The zero-order valence-electron chi connectivity index (χ0n) is 16.5. The van der Waals surface area contributed by atoms with Gasteiger partial charge in [0.1, 0.15) is 0 Å². The molecule has 0 radical (unpaired) electrons. The topological polar surface area (TPSA) is 61.4 Å². The van der Waals surface area contributed by atoms with Crippen molar-refractivity contribution in [2.45, 2.75) is 37.1 Å². The number of hydrogen-bond donors (Lipinski definition) is 2. The van der Waals surface area contributed by atoms with E-state index in [2.05, 4.69) is 22.5 Å². The maximum Gasteiger partial charge on any atom is 0.262 e. The number of fused-ring (bicyclic) bond motifs is 1. The van der Waals surface area contributed by atoms with Gasteiger partial charge in [-0.3, -0.25) is 14.5 Å². The maximum absolute atomic E-state index is 12.6. The summed E-state index contributed by atoms with van der Waals surface area (Å²) in [6.45, 7) is 3.79. The second-order valence-corrected chi connectivity index (χ2v) is 8.45. The average Bonchev–Trinajstić information content (AvgIpc) is 3.20. The van der Waals surface area contributed by atoms with Crippen LogP contribution in [-0.2, 0) is 4.79 Å². The fourth-order valence-corrected chi connectivity index (χ4v) is 4.77. The summed E-state index contributed by atoms with van der Waals surface area (Å²) in [5, 5.41) is 5.94. The van der Waals surface area contributed by atoms with Gasteiger partial charge in [0.25, 0.3) is 11.8 Å². The molecule has 1 saturated heterocycles. The molecule has 2 amide bonds. The van der Waals surface area contributed by atoms with E-state index in [9.17, 15) is 9.59 Å². The predicted molar refractivity (Wildman–Crippen MR) is 118 cm³/mol. The van der Waals surface area contributed by atoms with E-state index in [-0.39, 0.29) is 11.8 Å². The van der Waals surface area contributed by atoms with Crippen molar-refractivity contribution in [3.8, 4) is 0 Å². The zero-order valence-corrected chi connectivity index (χ0v) is 17.3. The van der Waals surface area contributed by atoms with Crippen molar-refractivity contribution in [3.63, 3.8) is 0 Å². The van der Waals surface area contributed by atoms with Crippen LogP contribution in [0.2, 0.25) is 0 Å². The highest BCUT2D eigenvalue weighted by Gasteiger charge is 2.24. The SMILES string of the molecule is CCC1CCCN1CNC(=O)c1ccc2c(c1)NC(=O)/C(=C/c1ccccc1)S2. The maximum atomic E-state index is 12.6. The molecule has 6 heteroatoms. The Morgan fingerprint density at radius 3 is 2.90 bits per heavy atom. The molecule has 0 aliphatic carbocycles. The van der Waals surface area contributed by atoms with Gasteiger partial charge in [0.15, 0.2) is 0 Å². The molecule has 2 N–H and O–H groups in total. The number of benzene rings is 2. The first-order valence-electron chi connectivity index (χ1n) is 10.1. The molecule has 4 rings (SSSR count). The van der Waals surface area contributed by atoms with Crippen LogP contribution in [0.25, 0.3) is 6.08 Å². The Hall–Kier alpha value is -2.57. The third kappa shape index (κ3) is 4.54. The van der Waals surface area contributed by atoms with Crippen molar-refractivity contribution in [2.24, 2.45) is 0 Å². The average molecular weight is 408 g/mol. The lowest BCUT2D eigenvalue weighted by atomic mass is 10.1. The minimum Gasteiger partial charge on any atom is -0.339 e. The van der Waals surface area contributed by atoms with Crippen molar-refractivity contribution in [1.29, 1.82) is 0 Å². The Morgan fingerprint density at radius 2 is 2.10 bits per heavy atom. The van der Waals surface area contributed by atoms with E-state index in [1.807, 2.05) is 48.5 Å². The highest BCUT2D eigenvalue weighted by Crippen LogP contribution is 2.39. The van der Waals surface area contributed by atoms with E-state index >= 15 is 0 Å². The number of likely N-dealkylation sites (tertiary alicyclic amines) is 1. The van der Waals surface area contributed by atoms with Crippen molar-refractivity contribution in [2.75, 3.05) is 18.5 Å². The summed E-state index contributed by atoms with van der Waals surface area (Å²) in [5.41, 5.74) is 2.23. The van der Waals surface area contributed by atoms with Gasteiger partial charge in [-0.15, -0.1) is 0 Å². The van der Waals surface area contributed by atoms with Crippen LogP contribution < -0.4 is 10.6 Å². The van der Waals surface area contributed by atoms with E-state index in [1.54, 1.807) is 6.07 Å². The van der Waals surface area contributed by atoms with Gasteiger partial charge in [0.05, 0.1) is 17.3 Å². The first kappa shape index (κ1) is 19.7. The molecule has 29 heavy (non-hydrogen) atoms. The summed E-state index contributed by atoms with van der Waals surface area (Å²) >= 11 is 1.43. The molecular weight excluding hydrogens is 382 g/mol. The molecule has 150 valence electrons. The second-order valence-electron chi connectivity index (χ2n) is 7.37. The number of nitrogens with zero attached hydrogens (tertiary/aromatic N) is 1. The number of rotatable bonds is 5. The Bertz CT molecular complexity index is 942. The van der Waals surface area contributed by atoms with Gasteiger partial charge in [0, 0.05) is 23.0 Å². The van der Waals surface area contributed by atoms with Crippen LogP contribution in [0.3, 0.4) is 0 Å². The standard InChI is InChI=1S/C23H25N3O2S/c1-2-18-9-6-12-26(18)15-24-22(27)17-10-11-20-19(14-17)25-23(28)21(29-20)13-16-7-4-3-5-8-16/h3-5,7-8,10-11,13-14,18H,2,6,9,12,15H2,1H3,(H,24,27)(H,25,28)/b21-13-. The Labute approximate surface area is 175 Å². The molecule has 2 aromatic rings. The van der Waals surface area contributed by atoms with E-state index in [4.69, 9.17) is 0 Å². The summed E-state index contributed by atoms with van der Waals surface area (Å²) in [6, 6.07) is 15.8. The zero-order chi connectivity index (χ0) is 20.2. The monoisotopic (exact) mass is 407 g/mol. The molecule has 0 bridgehead atoms. The number of amides is 2. The minimum absolute atomic E-state index is 0.112. The van der Waals surface area contributed by atoms with Crippen LogP contribution >= 0.6 is 11.8 Å². The highest BCUT2D eigenvalue weighted by molar-refractivity contribution is 8.04. The summed E-state index contributed by atoms with van der Waals surface area (Å²) in [6.07, 6.45) is 5.38. The molecule has 0 saturated carbocycles. The van der Waals surface area contributed by atoms with Crippen LogP contribution in [0.4, 0.5) is 5.69 Å². The molecule has 2 heterocycles. The number of carbonyl (C=O) groups is 2. The van der Waals surface area contributed by atoms with Crippen LogP contribution in [-0.4, -0.2) is 36.0 Å². The summed E-state index contributed by atoms with van der Waals surface area (Å²) < 4.78 is 0. The van der Waals surface area contributed by atoms with E-state index in [0.29, 0.717) is 28.9 Å². The smallest absolute Gasteiger partial charge is 0.262 e. The first-order chi connectivity index (χ1) is 14.1. The lowest BCUT2D eigenvalue weighted by molar-refractivity contribution is -0.112. The normalized spacial score (nSPS) is 20.4. The quantitative estimate of drug-likeness (QED) is 0.724. The minimum atomic E-state index is -0.147. The van der Waals surface area contributed by atoms with Gasteiger partial charge >= 0.3 is 0 Å². The van der Waals surface area contributed by atoms with Crippen LogP contribution in [0.1, 0.15) is 42.1 Å². The second kappa shape index (κ2) is 8.84. The molecule has 0 aromatic heterocycles. The van der Waals surface area contributed by atoms with Crippen molar-refractivity contribution in [3.05, 3.63) is 64.6 Å². The van der Waals surface area contributed by atoms with Crippen molar-refractivity contribution < 1.29 is 9.59 Å². The molecule has 2 aliphatic rings. The number of hydrogen-bond acceptors (Lipinski definition) is 4. The molecule has 1 atom stereocenters. The summed E-state index contributed by atoms with van der Waals surface area (Å²) in [5.74, 6) is -0.258. The van der Waals surface area contributed by atoms with Crippen molar-refractivity contribution in [1.82, 2.24) is 10.2 Å². The van der Waals surface area contributed by atoms with Crippen LogP contribution in [0, 0.1) is 0 Å². The molecule has 2 aromatic carbocycles. The fourth-order valence-electron chi connectivity index (χ4n) is 3.84. The highest BCUT2D eigenvalue weighted by atomic mass is 32.2. The molecule has 0 spiro atoms. The van der Waals surface area contributed by atoms with Gasteiger partial charge in [-0.25, -0.2) is 0 Å². The van der Waals surface area contributed by atoms with Gasteiger partial charge in [0.2, 0.25) is 0 Å². The van der Waals surface area contributed by atoms with Gasteiger partial charge < -0.3 is 10.6 Å². The Balaban J connectivity index is 1.44. The number of carbonyl (C=O) groups excluding carboxylic acids is 2. The van der Waals surface area contributed by atoms with Gasteiger partial charge in [-0.05, 0) is 49.1 Å². The molecule has 1 fully saturated rings. The predicted octanol–water partition coefficient (Wildman–Crippen LogP) is 4.33.